The number of ether oxygens (including phenoxy) is 1. The summed E-state index contributed by atoms with van der Waals surface area (Å²) in [6, 6.07) is 0. The molecule has 0 aliphatic heterocycles. The van der Waals surface area contributed by atoms with Gasteiger partial charge in [-0.1, -0.05) is 32.1 Å². The summed E-state index contributed by atoms with van der Waals surface area (Å²) in [4.78, 5) is 22.9. The van der Waals surface area contributed by atoms with Crippen LogP contribution in [-0.4, -0.2) is 29.3 Å². The average Bonchev–Trinajstić information content (AvgIpc) is 2.27. The normalized spacial score (nSPS) is 14.2. The Labute approximate surface area is 114 Å². The van der Waals surface area contributed by atoms with Crippen LogP contribution in [0.5, 0.6) is 0 Å². The summed E-state index contributed by atoms with van der Waals surface area (Å²) in [5.74, 6) is -1.13. The number of allylic oxidation sites excluding steroid dienone is 1. The molecule has 0 spiro atoms. The van der Waals surface area contributed by atoms with Crippen molar-refractivity contribution in [1.29, 1.82) is 0 Å². The third-order valence-electron chi connectivity index (χ3n) is 2.29. The van der Waals surface area contributed by atoms with Gasteiger partial charge >= 0.3 is 5.97 Å². The van der Waals surface area contributed by atoms with Crippen LogP contribution in [0, 0.1) is 5.92 Å². The Balaban J connectivity index is 4.68. The van der Waals surface area contributed by atoms with Crippen molar-refractivity contribution in [3.8, 4) is 0 Å². The highest BCUT2D eigenvalue weighted by atomic mass is 16.6. The lowest BCUT2D eigenvalue weighted by molar-refractivity contribution is -0.152. The first-order chi connectivity index (χ1) is 8.77. The van der Waals surface area contributed by atoms with Crippen molar-refractivity contribution in [2.75, 3.05) is 0 Å². The van der Waals surface area contributed by atoms with Crippen molar-refractivity contribution >= 4 is 11.9 Å². The summed E-state index contributed by atoms with van der Waals surface area (Å²) in [6.07, 6.45) is 0.981. The van der Waals surface area contributed by atoms with Crippen LogP contribution >= 0.6 is 0 Å². The second-order valence-electron chi connectivity index (χ2n) is 4.74. The standard InChI is InChI=1S/C14H23NO4/c1-6-7-12(16)19-11(8-9(2)3)14(18)15-13(17)10(4)5/h6-7,10-11,14,18H,2,8H2,1,3-5H3,(H,15,17)/b7-6+. The number of aliphatic hydroxyl groups is 1. The van der Waals surface area contributed by atoms with Gasteiger partial charge < -0.3 is 15.2 Å². The Kier molecular flexibility index (Phi) is 7.75. The first kappa shape index (κ1) is 17.4. The molecule has 19 heavy (non-hydrogen) atoms. The Bertz CT molecular complexity index is 360. The summed E-state index contributed by atoms with van der Waals surface area (Å²) < 4.78 is 5.09. The van der Waals surface area contributed by atoms with Gasteiger partial charge in [0.25, 0.3) is 0 Å². The fourth-order valence-corrected chi connectivity index (χ4v) is 1.29. The Morgan fingerprint density at radius 1 is 1.42 bits per heavy atom. The van der Waals surface area contributed by atoms with Crippen molar-refractivity contribution in [2.24, 2.45) is 5.92 Å². The third-order valence-corrected chi connectivity index (χ3v) is 2.29. The maximum Gasteiger partial charge on any atom is 0.330 e. The van der Waals surface area contributed by atoms with Crippen LogP contribution in [0.2, 0.25) is 0 Å². The van der Waals surface area contributed by atoms with Gasteiger partial charge in [0.1, 0.15) is 0 Å². The van der Waals surface area contributed by atoms with Gasteiger partial charge in [0.2, 0.25) is 5.91 Å². The summed E-state index contributed by atoms with van der Waals surface area (Å²) in [6.45, 7) is 10.6. The number of aliphatic hydroxyl groups excluding tert-OH is 1. The highest BCUT2D eigenvalue weighted by Crippen LogP contribution is 2.11. The number of nitrogens with one attached hydrogen (secondary N) is 1. The maximum absolute atomic E-state index is 11.5. The molecule has 5 nitrogen and oxygen atoms in total. The second-order valence-corrected chi connectivity index (χ2v) is 4.74. The van der Waals surface area contributed by atoms with Crippen molar-refractivity contribution in [3.05, 3.63) is 24.3 Å². The minimum absolute atomic E-state index is 0.258. The number of carbonyl (C=O) groups is 2. The molecular weight excluding hydrogens is 246 g/mol. The van der Waals surface area contributed by atoms with E-state index in [4.69, 9.17) is 4.74 Å². The zero-order chi connectivity index (χ0) is 15.0. The number of carbonyl (C=O) groups excluding carboxylic acids is 2. The molecule has 0 aromatic rings. The van der Waals surface area contributed by atoms with Gasteiger partial charge in [-0.05, 0) is 13.8 Å². The van der Waals surface area contributed by atoms with E-state index < -0.39 is 18.3 Å². The zero-order valence-electron chi connectivity index (χ0n) is 12.0. The lowest BCUT2D eigenvalue weighted by Crippen LogP contribution is -2.46. The van der Waals surface area contributed by atoms with Crippen LogP contribution in [0.4, 0.5) is 0 Å². The predicted octanol–water partition coefficient (Wildman–Crippen LogP) is 1.53. The Hall–Kier alpha value is -1.62. The molecule has 0 aliphatic carbocycles. The smallest absolute Gasteiger partial charge is 0.330 e. The highest BCUT2D eigenvalue weighted by Gasteiger charge is 2.25. The van der Waals surface area contributed by atoms with Crippen LogP contribution in [0.25, 0.3) is 0 Å². The number of amides is 1. The fraction of sp³-hybridized carbons (Fsp3) is 0.571. The van der Waals surface area contributed by atoms with Crippen molar-refractivity contribution in [3.63, 3.8) is 0 Å². The molecule has 0 bridgehead atoms. The molecule has 0 saturated heterocycles. The van der Waals surface area contributed by atoms with E-state index in [9.17, 15) is 14.7 Å². The monoisotopic (exact) mass is 269 g/mol. The van der Waals surface area contributed by atoms with Crippen LogP contribution < -0.4 is 5.32 Å². The van der Waals surface area contributed by atoms with Crippen molar-refractivity contribution in [2.45, 2.75) is 46.4 Å². The van der Waals surface area contributed by atoms with E-state index in [1.54, 1.807) is 33.8 Å². The maximum atomic E-state index is 11.5. The molecule has 5 heteroatoms. The van der Waals surface area contributed by atoms with E-state index in [-0.39, 0.29) is 18.2 Å². The van der Waals surface area contributed by atoms with Crippen molar-refractivity contribution in [1.82, 2.24) is 5.32 Å². The van der Waals surface area contributed by atoms with Gasteiger partial charge in [0.15, 0.2) is 12.3 Å². The predicted molar refractivity (Wildman–Crippen MR) is 73.1 cm³/mol. The second kappa shape index (κ2) is 8.48. The van der Waals surface area contributed by atoms with E-state index in [0.717, 1.165) is 5.57 Å². The van der Waals surface area contributed by atoms with Crippen LogP contribution in [-0.2, 0) is 14.3 Å². The molecule has 0 aromatic carbocycles. The van der Waals surface area contributed by atoms with Gasteiger partial charge in [0, 0.05) is 18.4 Å². The molecule has 2 atom stereocenters. The van der Waals surface area contributed by atoms with Gasteiger partial charge in [-0.15, -0.1) is 0 Å². The van der Waals surface area contributed by atoms with E-state index in [1.165, 1.54) is 6.08 Å². The Morgan fingerprint density at radius 3 is 2.42 bits per heavy atom. The minimum Gasteiger partial charge on any atom is -0.454 e. The molecule has 0 aromatic heterocycles. The van der Waals surface area contributed by atoms with E-state index in [0.29, 0.717) is 0 Å². The van der Waals surface area contributed by atoms with Gasteiger partial charge in [0.05, 0.1) is 0 Å². The Morgan fingerprint density at radius 2 is 2.00 bits per heavy atom. The minimum atomic E-state index is -1.25. The zero-order valence-corrected chi connectivity index (χ0v) is 12.0. The summed E-state index contributed by atoms with van der Waals surface area (Å²) in [5.41, 5.74) is 0.746. The number of hydrogen-bond donors (Lipinski definition) is 2. The summed E-state index contributed by atoms with van der Waals surface area (Å²) >= 11 is 0. The third kappa shape index (κ3) is 7.41. The van der Waals surface area contributed by atoms with Crippen LogP contribution in [0.1, 0.15) is 34.1 Å². The summed E-state index contributed by atoms with van der Waals surface area (Å²) in [5, 5.41) is 12.3. The molecule has 0 rings (SSSR count). The largest absolute Gasteiger partial charge is 0.454 e. The van der Waals surface area contributed by atoms with E-state index in [2.05, 4.69) is 11.9 Å². The molecule has 108 valence electrons. The average molecular weight is 269 g/mol. The number of esters is 1. The number of hydrogen-bond acceptors (Lipinski definition) is 4. The van der Waals surface area contributed by atoms with Gasteiger partial charge in [-0.25, -0.2) is 4.79 Å². The number of rotatable bonds is 7. The van der Waals surface area contributed by atoms with E-state index >= 15 is 0 Å². The van der Waals surface area contributed by atoms with Crippen LogP contribution in [0.3, 0.4) is 0 Å². The lowest BCUT2D eigenvalue weighted by Gasteiger charge is -2.24. The lowest BCUT2D eigenvalue weighted by atomic mass is 10.1. The molecule has 0 aliphatic rings. The quantitative estimate of drug-likeness (QED) is 0.318. The van der Waals surface area contributed by atoms with E-state index in [1.807, 2.05) is 0 Å². The molecule has 0 saturated carbocycles. The fourth-order valence-electron chi connectivity index (χ4n) is 1.29. The highest BCUT2D eigenvalue weighted by molar-refractivity contribution is 5.82. The summed E-state index contributed by atoms with van der Waals surface area (Å²) in [7, 11) is 0. The molecule has 2 N–H and O–H groups in total. The first-order valence-corrected chi connectivity index (χ1v) is 6.24. The molecular formula is C14H23NO4. The van der Waals surface area contributed by atoms with Gasteiger partial charge in [-0.2, -0.15) is 0 Å². The van der Waals surface area contributed by atoms with Crippen molar-refractivity contribution < 1.29 is 19.4 Å². The van der Waals surface area contributed by atoms with Crippen LogP contribution in [0.15, 0.2) is 24.3 Å². The molecule has 0 heterocycles. The molecule has 0 radical (unpaired) electrons. The molecule has 2 unspecified atom stereocenters. The SMILES string of the molecule is C=C(C)CC(OC(=O)/C=C/C)C(O)NC(=O)C(C)C. The topological polar surface area (TPSA) is 75.6 Å². The molecule has 0 fully saturated rings. The first-order valence-electron chi connectivity index (χ1n) is 6.24. The molecule has 1 amide bonds. The van der Waals surface area contributed by atoms with Gasteiger partial charge in [-0.3, -0.25) is 4.79 Å².